The first-order valence-electron chi connectivity index (χ1n) is 15.7. The number of carbonyl (C=O) groups excluding carboxylic acids is 1. The van der Waals surface area contributed by atoms with Crippen molar-refractivity contribution in [2.75, 3.05) is 43.1 Å². The number of hydrogen-bond acceptors (Lipinski definition) is 10. The molecule has 1 aliphatic carbocycles. The Labute approximate surface area is 271 Å². The van der Waals surface area contributed by atoms with Crippen LogP contribution in [0.5, 0.6) is 5.88 Å². The van der Waals surface area contributed by atoms with Crippen molar-refractivity contribution < 1.29 is 35.9 Å². The number of hydrogen-bond donors (Lipinski definition) is 2. The highest BCUT2D eigenvalue weighted by molar-refractivity contribution is 7.90. The standard InChI is InChI=1S/C31H38F3N7O5S/c1-29(2)19-21-10-17-45-18-14-35-23-5-3-6-26(36-23)47(43,44)39-28(42)22-7-8-24(37-27(22)40(29)20-21)41-15-9-25(38-41)46-16-4-11-30(12-13-30)31(32,33)34/h3,5-9,15,21H,4,10-14,16-20H2,1-2H3,(H,35,36)(H,39,42). The number of ether oxygens (including phenoxy) is 2. The molecule has 2 fully saturated rings. The summed E-state index contributed by atoms with van der Waals surface area (Å²) in [5.74, 6) is 0.562. The molecule has 5 heterocycles. The second kappa shape index (κ2) is 12.6. The van der Waals surface area contributed by atoms with E-state index in [0.29, 0.717) is 37.9 Å². The molecule has 3 aliphatic rings. The zero-order chi connectivity index (χ0) is 33.5. The fourth-order valence-corrected chi connectivity index (χ4v) is 7.26. The van der Waals surface area contributed by atoms with E-state index in [1.807, 2.05) is 18.7 Å². The van der Waals surface area contributed by atoms with Gasteiger partial charge in [-0.05, 0) is 82.6 Å². The Morgan fingerprint density at radius 3 is 2.68 bits per heavy atom. The number of nitrogens with one attached hydrogen (secondary N) is 2. The van der Waals surface area contributed by atoms with E-state index in [9.17, 15) is 26.4 Å². The summed E-state index contributed by atoms with van der Waals surface area (Å²) in [6.45, 7) is 6.11. The molecular formula is C31H38F3N7O5S. The summed E-state index contributed by atoms with van der Waals surface area (Å²) < 4.78 is 81.3. The highest BCUT2D eigenvalue weighted by Gasteiger charge is 2.62. The van der Waals surface area contributed by atoms with Crippen LogP contribution in [0.15, 0.2) is 47.6 Å². The lowest BCUT2D eigenvalue weighted by molar-refractivity contribution is -0.189. The second-order valence-corrected chi connectivity index (χ2v) is 14.6. The van der Waals surface area contributed by atoms with E-state index in [1.54, 1.807) is 24.4 Å². The average Bonchev–Trinajstić information content (AvgIpc) is 3.57. The van der Waals surface area contributed by atoms with Gasteiger partial charge in [-0.3, -0.25) is 4.79 Å². The molecule has 1 saturated heterocycles. The molecule has 2 aliphatic heterocycles. The van der Waals surface area contributed by atoms with E-state index in [1.165, 1.54) is 22.9 Å². The number of carbonyl (C=O) groups is 1. The lowest BCUT2D eigenvalue weighted by atomic mass is 9.94. The molecule has 3 aromatic rings. The minimum absolute atomic E-state index is 0.0124. The first-order chi connectivity index (χ1) is 22.3. The van der Waals surface area contributed by atoms with Crippen LogP contribution in [0.4, 0.5) is 24.8 Å². The summed E-state index contributed by atoms with van der Waals surface area (Å²) in [5, 5.41) is 7.14. The van der Waals surface area contributed by atoms with Crippen LogP contribution in [0.1, 0.15) is 62.7 Å². The Bertz CT molecular complexity index is 1730. The van der Waals surface area contributed by atoms with E-state index in [2.05, 4.69) is 20.1 Å². The first-order valence-corrected chi connectivity index (χ1v) is 17.1. The van der Waals surface area contributed by atoms with Gasteiger partial charge in [-0.15, -0.1) is 5.10 Å². The molecule has 1 atom stereocenters. The van der Waals surface area contributed by atoms with E-state index in [-0.39, 0.29) is 60.5 Å². The monoisotopic (exact) mass is 677 g/mol. The maximum Gasteiger partial charge on any atom is 0.394 e. The topological polar surface area (TPSA) is 141 Å². The minimum Gasteiger partial charge on any atom is -0.477 e. The van der Waals surface area contributed by atoms with Crippen LogP contribution in [0, 0.1) is 11.3 Å². The SMILES string of the molecule is CC1(C)CC2CCOCCNc3cccc(n3)S(=O)(=O)NC(=O)c3ccc(-n4ccc(OCCCC5(C(F)(F)F)CC5)n4)nc3N1C2. The quantitative estimate of drug-likeness (QED) is 0.352. The lowest BCUT2D eigenvalue weighted by Gasteiger charge is -2.34. The van der Waals surface area contributed by atoms with Gasteiger partial charge in [0.15, 0.2) is 10.8 Å². The zero-order valence-corrected chi connectivity index (χ0v) is 27.0. The lowest BCUT2D eigenvalue weighted by Crippen LogP contribution is -2.41. The molecule has 254 valence electrons. The molecular weight excluding hydrogens is 639 g/mol. The molecule has 47 heavy (non-hydrogen) atoms. The molecule has 0 radical (unpaired) electrons. The Balaban J connectivity index is 1.26. The number of amides is 1. The number of sulfonamides is 1. The van der Waals surface area contributed by atoms with Crippen molar-refractivity contribution in [1.82, 2.24) is 24.5 Å². The Hall–Kier alpha value is -3.92. The van der Waals surface area contributed by atoms with Gasteiger partial charge in [0.2, 0.25) is 5.88 Å². The third kappa shape index (κ3) is 7.17. The van der Waals surface area contributed by atoms with Crippen LogP contribution in [0.25, 0.3) is 5.82 Å². The van der Waals surface area contributed by atoms with Gasteiger partial charge in [0.25, 0.3) is 15.9 Å². The van der Waals surface area contributed by atoms with E-state index in [0.717, 1.165) is 12.8 Å². The average molecular weight is 678 g/mol. The predicted octanol–water partition coefficient (Wildman–Crippen LogP) is 4.72. The van der Waals surface area contributed by atoms with Gasteiger partial charge < -0.3 is 19.7 Å². The smallest absolute Gasteiger partial charge is 0.394 e. The summed E-state index contributed by atoms with van der Waals surface area (Å²) in [5.41, 5.74) is -1.95. The predicted molar refractivity (Wildman–Crippen MR) is 166 cm³/mol. The van der Waals surface area contributed by atoms with Crippen molar-refractivity contribution in [3.8, 4) is 11.7 Å². The summed E-state index contributed by atoms with van der Waals surface area (Å²) >= 11 is 0. The summed E-state index contributed by atoms with van der Waals surface area (Å²) in [4.78, 5) is 24.6. The second-order valence-electron chi connectivity index (χ2n) is 13.0. The Morgan fingerprint density at radius 1 is 1.11 bits per heavy atom. The zero-order valence-electron chi connectivity index (χ0n) is 26.2. The number of pyridine rings is 2. The van der Waals surface area contributed by atoms with Crippen molar-refractivity contribution in [2.45, 2.75) is 69.1 Å². The third-order valence-corrected chi connectivity index (χ3v) is 10.3. The van der Waals surface area contributed by atoms with Crippen LogP contribution >= 0.6 is 0 Å². The molecule has 1 unspecified atom stereocenters. The number of aromatic nitrogens is 4. The van der Waals surface area contributed by atoms with Crippen LogP contribution in [-0.4, -0.2) is 78.7 Å². The minimum atomic E-state index is -4.34. The van der Waals surface area contributed by atoms with Gasteiger partial charge in [-0.1, -0.05) is 6.07 Å². The van der Waals surface area contributed by atoms with Crippen molar-refractivity contribution in [2.24, 2.45) is 11.3 Å². The third-order valence-electron chi connectivity index (χ3n) is 9.07. The fraction of sp³-hybridized carbons (Fsp3) is 0.548. The summed E-state index contributed by atoms with van der Waals surface area (Å²) in [6, 6.07) is 9.10. The maximum atomic E-state index is 13.7. The number of rotatable bonds is 6. The maximum absolute atomic E-state index is 13.7. The molecule has 1 saturated carbocycles. The number of nitrogens with zero attached hydrogens (tertiary/aromatic N) is 5. The largest absolute Gasteiger partial charge is 0.477 e. The van der Waals surface area contributed by atoms with Gasteiger partial charge in [0.05, 0.1) is 24.2 Å². The molecule has 4 bridgehead atoms. The molecule has 16 heteroatoms. The fourth-order valence-electron chi connectivity index (χ4n) is 6.32. The van der Waals surface area contributed by atoms with E-state index in [4.69, 9.17) is 14.5 Å². The summed E-state index contributed by atoms with van der Waals surface area (Å²) in [7, 11) is -4.34. The number of fused-ring (bicyclic) bond motifs is 6. The van der Waals surface area contributed by atoms with E-state index < -0.39 is 33.1 Å². The molecule has 3 aromatic heterocycles. The molecule has 0 spiro atoms. The van der Waals surface area contributed by atoms with Gasteiger partial charge in [0, 0.05) is 37.5 Å². The Morgan fingerprint density at radius 2 is 1.91 bits per heavy atom. The van der Waals surface area contributed by atoms with E-state index >= 15 is 0 Å². The van der Waals surface area contributed by atoms with Crippen molar-refractivity contribution >= 4 is 27.6 Å². The number of alkyl halides is 3. The molecule has 2 N–H and O–H groups in total. The van der Waals surface area contributed by atoms with Gasteiger partial charge in [0.1, 0.15) is 11.6 Å². The molecule has 6 rings (SSSR count). The summed E-state index contributed by atoms with van der Waals surface area (Å²) in [6.07, 6.45) is -0.446. The van der Waals surface area contributed by atoms with Crippen molar-refractivity contribution in [3.05, 3.63) is 48.2 Å². The van der Waals surface area contributed by atoms with Gasteiger partial charge >= 0.3 is 6.18 Å². The van der Waals surface area contributed by atoms with Crippen molar-refractivity contribution in [1.29, 1.82) is 0 Å². The number of halogens is 3. The molecule has 0 aromatic carbocycles. The normalized spacial score (nSPS) is 22.0. The van der Waals surface area contributed by atoms with Crippen LogP contribution in [0.2, 0.25) is 0 Å². The van der Waals surface area contributed by atoms with Crippen LogP contribution < -0.4 is 19.7 Å². The molecule has 12 nitrogen and oxygen atoms in total. The first kappa shape index (κ1) is 33.0. The van der Waals surface area contributed by atoms with Gasteiger partial charge in [-0.2, -0.15) is 21.6 Å². The van der Waals surface area contributed by atoms with Crippen LogP contribution in [0.3, 0.4) is 0 Å². The highest BCUT2D eigenvalue weighted by atomic mass is 32.2. The van der Waals surface area contributed by atoms with Gasteiger partial charge in [-0.25, -0.2) is 19.4 Å². The number of anilines is 2. The highest BCUT2D eigenvalue weighted by Crippen LogP contribution is 2.60. The Kier molecular flexibility index (Phi) is 8.84. The molecule has 1 amide bonds. The van der Waals surface area contributed by atoms with Crippen LogP contribution in [-0.2, 0) is 14.8 Å². The van der Waals surface area contributed by atoms with Crippen molar-refractivity contribution in [3.63, 3.8) is 0 Å².